The third kappa shape index (κ3) is 6.13. The van der Waals surface area contributed by atoms with Crippen LogP contribution in [0.25, 0.3) is 0 Å². The molecule has 0 heterocycles. The van der Waals surface area contributed by atoms with E-state index in [2.05, 4.69) is 5.32 Å². The Bertz CT molecular complexity index is 291. The molecule has 0 aliphatic heterocycles. The molecule has 0 bridgehead atoms. The summed E-state index contributed by atoms with van der Waals surface area (Å²) in [5.41, 5.74) is -1.50. The van der Waals surface area contributed by atoms with Crippen LogP contribution in [0.5, 0.6) is 0 Å². The molecule has 100 valence electrons. The summed E-state index contributed by atoms with van der Waals surface area (Å²) in [4.78, 5) is 22.1. The molecule has 0 rings (SSSR count). The lowest BCUT2D eigenvalue weighted by Gasteiger charge is -2.25. The second-order valence-electron chi connectivity index (χ2n) is 4.05. The van der Waals surface area contributed by atoms with Crippen LogP contribution in [0.1, 0.15) is 39.5 Å². The van der Waals surface area contributed by atoms with Crippen LogP contribution >= 0.6 is 0 Å². The fourth-order valence-electron chi connectivity index (χ4n) is 1.35. The van der Waals surface area contributed by atoms with Gasteiger partial charge < -0.3 is 10.4 Å². The van der Waals surface area contributed by atoms with Gasteiger partial charge in [0.15, 0.2) is 0 Å². The summed E-state index contributed by atoms with van der Waals surface area (Å²) >= 11 is 0. The van der Waals surface area contributed by atoms with Crippen molar-refractivity contribution >= 4 is 11.9 Å². The molecule has 2 N–H and O–H groups in total. The van der Waals surface area contributed by atoms with Gasteiger partial charge in [-0.3, -0.25) is 4.79 Å². The summed E-state index contributed by atoms with van der Waals surface area (Å²) in [5, 5.41) is 11.0. The van der Waals surface area contributed by atoms with Crippen LogP contribution in [0.3, 0.4) is 0 Å². The number of aliphatic carboxylic acids is 1. The molecule has 0 aliphatic rings. The maximum Gasteiger partial charge on any atom is 0.389 e. The molecule has 0 saturated carbocycles. The van der Waals surface area contributed by atoms with Crippen LogP contribution in [0.2, 0.25) is 0 Å². The Morgan fingerprint density at radius 1 is 1.24 bits per heavy atom. The lowest BCUT2D eigenvalue weighted by atomic mass is 9.96. The molecule has 1 atom stereocenters. The van der Waals surface area contributed by atoms with E-state index >= 15 is 0 Å². The monoisotopic (exact) mass is 255 g/mol. The number of hydrogen-bond acceptors (Lipinski definition) is 2. The van der Waals surface area contributed by atoms with Crippen LogP contribution in [0.15, 0.2) is 0 Å². The van der Waals surface area contributed by atoms with Crippen molar-refractivity contribution in [3.63, 3.8) is 0 Å². The van der Waals surface area contributed by atoms with Crippen molar-refractivity contribution in [1.82, 2.24) is 5.32 Å². The van der Waals surface area contributed by atoms with Gasteiger partial charge in [-0.2, -0.15) is 13.2 Å². The molecule has 4 nitrogen and oxygen atoms in total. The lowest BCUT2D eigenvalue weighted by molar-refractivity contribution is -0.150. The highest BCUT2D eigenvalue weighted by atomic mass is 19.4. The second-order valence-corrected chi connectivity index (χ2v) is 4.05. The average Bonchev–Trinajstić information content (AvgIpc) is 2.13. The first kappa shape index (κ1) is 15.7. The highest BCUT2D eigenvalue weighted by Gasteiger charge is 2.35. The van der Waals surface area contributed by atoms with E-state index in [0.29, 0.717) is 6.42 Å². The molecular formula is C10H16F3NO3. The standard InChI is InChI=1S/C10H16F3NO3/c1-3-5-9(2,8(16)17)14-7(15)4-6-10(11,12)13/h3-6H2,1-2H3,(H,14,15)(H,16,17)/t9-/m1/s1. The summed E-state index contributed by atoms with van der Waals surface area (Å²) in [6.45, 7) is 3.01. The van der Waals surface area contributed by atoms with Gasteiger partial charge in [0.1, 0.15) is 5.54 Å². The van der Waals surface area contributed by atoms with Gasteiger partial charge in [-0.05, 0) is 13.3 Å². The summed E-state index contributed by atoms with van der Waals surface area (Å²) in [6, 6.07) is 0. The van der Waals surface area contributed by atoms with Crippen LogP contribution in [0.4, 0.5) is 13.2 Å². The smallest absolute Gasteiger partial charge is 0.389 e. The number of carboxylic acid groups (broad SMARTS) is 1. The van der Waals surface area contributed by atoms with Crippen molar-refractivity contribution < 1.29 is 27.9 Å². The lowest BCUT2D eigenvalue weighted by Crippen LogP contribution is -2.52. The van der Waals surface area contributed by atoms with Gasteiger partial charge in [0, 0.05) is 6.42 Å². The van der Waals surface area contributed by atoms with Crippen molar-refractivity contribution in [3.05, 3.63) is 0 Å². The molecule has 0 spiro atoms. The minimum Gasteiger partial charge on any atom is -0.480 e. The van der Waals surface area contributed by atoms with Crippen molar-refractivity contribution in [2.45, 2.75) is 51.2 Å². The van der Waals surface area contributed by atoms with Gasteiger partial charge in [-0.15, -0.1) is 0 Å². The van der Waals surface area contributed by atoms with E-state index in [1.54, 1.807) is 6.92 Å². The van der Waals surface area contributed by atoms with E-state index in [4.69, 9.17) is 5.11 Å². The predicted octanol–water partition coefficient (Wildman–Crippen LogP) is 2.09. The number of carboxylic acids is 1. The minimum absolute atomic E-state index is 0.167. The van der Waals surface area contributed by atoms with Gasteiger partial charge >= 0.3 is 12.1 Å². The van der Waals surface area contributed by atoms with Gasteiger partial charge in [-0.25, -0.2) is 4.79 Å². The molecule has 1 amide bonds. The fourth-order valence-corrected chi connectivity index (χ4v) is 1.35. The molecule has 0 fully saturated rings. The number of halogens is 3. The van der Waals surface area contributed by atoms with Crippen molar-refractivity contribution in [2.24, 2.45) is 0 Å². The summed E-state index contributed by atoms with van der Waals surface area (Å²) in [6.07, 6.45) is -5.75. The third-order valence-electron chi connectivity index (χ3n) is 2.27. The van der Waals surface area contributed by atoms with Crippen molar-refractivity contribution in [2.75, 3.05) is 0 Å². The van der Waals surface area contributed by atoms with Crippen molar-refractivity contribution in [1.29, 1.82) is 0 Å². The van der Waals surface area contributed by atoms with Gasteiger partial charge in [0.25, 0.3) is 0 Å². The normalized spacial score (nSPS) is 15.1. The zero-order valence-electron chi connectivity index (χ0n) is 9.73. The van der Waals surface area contributed by atoms with E-state index in [0.717, 1.165) is 0 Å². The molecule has 0 radical (unpaired) electrons. The first-order valence-corrected chi connectivity index (χ1v) is 5.22. The predicted molar refractivity (Wildman–Crippen MR) is 54.4 cm³/mol. The average molecular weight is 255 g/mol. The molecule has 17 heavy (non-hydrogen) atoms. The Morgan fingerprint density at radius 2 is 1.76 bits per heavy atom. The zero-order chi connectivity index (χ0) is 13.7. The van der Waals surface area contributed by atoms with E-state index in [1.165, 1.54) is 6.92 Å². The zero-order valence-corrected chi connectivity index (χ0v) is 9.73. The van der Waals surface area contributed by atoms with Crippen LogP contribution < -0.4 is 5.32 Å². The highest BCUT2D eigenvalue weighted by Crippen LogP contribution is 2.21. The Kier molecular flexibility index (Phi) is 5.44. The van der Waals surface area contributed by atoms with E-state index < -0.39 is 36.4 Å². The fraction of sp³-hybridized carbons (Fsp3) is 0.800. The third-order valence-corrected chi connectivity index (χ3v) is 2.27. The molecule has 0 aromatic heterocycles. The molecular weight excluding hydrogens is 239 g/mol. The second kappa shape index (κ2) is 5.88. The Hall–Kier alpha value is -1.27. The highest BCUT2D eigenvalue weighted by molar-refractivity contribution is 5.86. The van der Waals surface area contributed by atoms with Crippen molar-refractivity contribution in [3.8, 4) is 0 Å². The first-order valence-electron chi connectivity index (χ1n) is 5.22. The Morgan fingerprint density at radius 3 is 2.12 bits per heavy atom. The van der Waals surface area contributed by atoms with E-state index in [9.17, 15) is 22.8 Å². The molecule has 0 aromatic rings. The van der Waals surface area contributed by atoms with E-state index in [-0.39, 0.29) is 6.42 Å². The number of amides is 1. The number of nitrogens with one attached hydrogen (secondary N) is 1. The van der Waals surface area contributed by atoms with Gasteiger partial charge in [0.05, 0.1) is 6.42 Å². The summed E-state index contributed by atoms with van der Waals surface area (Å²) in [5.74, 6) is -2.15. The summed E-state index contributed by atoms with van der Waals surface area (Å²) in [7, 11) is 0. The van der Waals surface area contributed by atoms with Gasteiger partial charge in [-0.1, -0.05) is 13.3 Å². The minimum atomic E-state index is -4.41. The quantitative estimate of drug-likeness (QED) is 0.763. The topological polar surface area (TPSA) is 66.4 Å². The number of carbonyl (C=O) groups is 2. The number of carbonyl (C=O) groups excluding carboxylic acids is 1. The van der Waals surface area contributed by atoms with Crippen LogP contribution in [-0.4, -0.2) is 28.7 Å². The van der Waals surface area contributed by atoms with E-state index in [1.807, 2.05) is 0 Å². The molecule has 7 heteroatoms. The first-order chi connectivity index (χ1) is 7.60. The van der Waals surface area contributed by atoms with Crippen LogP contribution in [-0.2, 0) is 9.59 Å². The number of alkyl halides is 3. The number of rotatable bonds is 6. The Labute approximate surface area is 97.2 Å². The maximum absolute atomic E-state index is 11.9. The maximum atomic E-state index is 11.9. The molecule has 0 aromatic carbocycles. The molecule has 0 unspecified atom stereocenters. The van der Waals surface area contributed by atoms with Gasteiger partial charge in [0.2, 0.25) is 5.91 Å². The number of hydrogen-bond donors (Lipinski definition) is 2. The summed E-state index contributed by atoms with van der Waals surface area (Å²) < 4.78 is 35.6. The molecule has 0 saturated heterocycles. The SMILES string of the molecule is CCC[C@@](C)(NC(=O)CCC(F)(F)F)C(=O)O. The molecule has 0 aliphatic carbocycles. The van der Waals surface area contributed by atoms with Crippen LogP contribution in [0, 0.1) is 0 Å². The Balaban J connectivity index is 4.38. The largest absolute Gasteiger partial charge is 0.480 e.